The summed E-state index contributed by atoms with van der Waals surface area (Å²) in [5, 5.41) is 1.24. The smallest absolute Gasteiger partial charge is 0.122 e. The van der Waals surface area contributed by atoms with Crippen molar-refractivity contribution in [3.8, 4) is 5.75 Å². The van der Waals surface area contributed by atoms with Gasteiger partial charge in [0.05, 0.1) is 6.54 Å². The third-order valence-corrected chi connectivity index (χ3v) is 6.25. The maximum absolute atomic E-state index is 6.02. The van der Waals surface area contributed by atoms with Crippen LogP contribution in [0.15, 0.2) is 54.7 Å². The lowest BCUT2D eigenvalue weighted by atomic mass is 9.99. The Labute approximate surface area is 172 Å². The average Bonchev–Trinajstić information content (AvgIpc) is 3.08. The molecule has 4 rings (SSSR count). The van der Waals surface area contributed by atoms with Crippen LogP contribution in [0.1, 0.15) is 30.9 Å². The lowest BCUT2D eigenvalue weighted by Crippen LogP contribution is -2.37. The minimum Gasteiger partial charge on any atom is -0.491 e. The number of para-hydroxylation sites is 2. The zero-order valence-corrected chi connectivity index (χ0v) is 17.5. The SMILES string of the molecule is Cc1ccccc1OCCn1cc(C(=S)N2CCC(C)CC2)c2ccccc21. The van der Waals surface area contributed by atoms with Crippen LogP contribution >= 0.6 is 12.2 Å². The second-order valence-corrected chi connectivity index (χ2v) is 8.23. The van der Waals surface area contributed by atoms with Gasteiger partial charge in [-0.05, 0) is 43.4 Å². The van der Waals surface area contributed by atoms with E-state index in [1.165, 1.54) is 34.9 Å². The number of hydrogen-bond donors (Lipinski definition) is 0. The third-order valence-electron chi connectivity index (χ3n) is 5.77. The van der Waals surface area contributed by atoms with E-state index in [-0.39, 0.29) is 0 Å². The van der Waals surface area contributed by atoms with Gasteiger partial charge in [0.1, 0.15) is 17.3 Å². The highest BCUT2D eigenvalue weighted by Crippen LogP contribution is 2.26. The van der Waals surface area contributed by atoms with Gasteiger partial charge in [0.25, 0.3) is 0 Å². The van der Waals surface area contributed by atoms with E-state index in [2.05, 4.69) is 59.8 Å². The molecule has 0 aliphatic carbocycles. The number of piperidine rings is 1. The van der Waals surface area contributed by atoms with Gasteiger partial charge < -0.3 is 14.2 Å². The van der Waals surface area contributed by atoms with Crippen molar-refractivity contribution in [2.24, 2.45) is 5.92 Å². The predicted octanol–water partition coefficient (Wildman–Crippen LogP) is 5.44. The summed E-state index contributed by atoms with van der Waals surface area (Å²) in [7, 11) is 0. The molecule has 0 radical (unpaired) electrons. The van der Waals surface area contributed by atoms with Crippen LogP contribution in [-0.2, 0) is 6.54 Å². The number of thiocarbonyl (C=S) groups is 1. The Bertz CT molecular complexity index is 970. The lowest BCUT2D eigenvalue weighted by Gasteiger charge is -2.32. The number of aryl methyl sites for hydroxylation is 1. The molecule has 1 aliphatic heterocycles. The molecule has 0 amide bonds. The summed E-state index contributed by atoms with van der Waals surface area (Å²) in [6.45, 7) is 7.98. The van der Waals surface area contributed by atoms with Crippen LogP contribution < -0.4 is 4.74 Å². The maximum atomic E-state index is 6.02. The normalized spacial score (nSPS) is 15.1. The summed E-state index contributed by atoms with van der Waals surface area (Å²) in [6, 6.07) is 16.7. The van der Waals surface area contributed by atoms with Crippen molar-refractivity contribution in [3.63, 3.8) is 0 Å². The molecular formula is C24H28N2OS. The molecule has 1 aromatic heterocycles. The minimum absolute atomic E-state index is 0.636. The van der Waals surface area contributed by atoms with Crippen LogP contribution in [0.4, 0.5) is 0 Å². The number of fused-ring (bicyclic) bond motifs is 1. The van der Waals surface area contributed by atoms with Crippen molar-refractivity contribution >= 4 is 28.1 Å². The Morgan fingerprint density at radius 2 is 1.79 bits per heavy atom. The van der Waals surface area contributed by atoms with E-state index in [9.17, 15) is 0 Å². The van der Waals surface area contributed by atoms with E-state index in [0.717, 1.165) is 36.3 Å². The average molecular weight is 393 g/mol. The number of aromatic nitrogens is 1. The summed E-state index contributed by atoms with van der Waals surface area (Å²) < 4.78 is 8.30. The van der Waals surface area contributed by atoms with Crippen molar-refractivity contribution in [1.29, 1.82) is 0 Å². The molecule has 0 bridgehead atoms. The molecule has 0 N–H and O–H groups in total. The molecule has 2 aromatic carbocycles. The fourth-order valence-electron chi connectivity index (χ4n) is 3.96. The van der Waals surface area contributed by atoms with E-state index in [1.807, 2.05) is 18.2 Å². The molecule has 3 nitrogen and oxygen atoms in total. The molecule has 0 spiro atoms. The van der Waals surface area contributed by atoms with Crippen molar-refractivity contribution in [1.82, 2.24) is 9.47 Å². The van der Waals surface area contributed by atoms with Gasteiger partial charge in [-0.25, -0.2) is 0 Å². The Morgan fingerprint density at radius 3 is 2.57 bits per heavy atom. The first-order chi connectivity index (χ1) is 13.6. The number of likely N-dealkylation sites (tertiary alicyclic amines) is 1. The van der Waals surface area contributed by atoms with Crippen LogP contribution in [0, 0.1) is 12.8 Å². The van der Waals surface area contributed by atoms with Crippen LogP contribution in [0.25, 0.3) is 10.9 Å². The van der Waals surface area contributed by atoms with Crippen LogP contribution in [0.5, 0.6) is 5.75 Å². The first-order valence-electron chi connectivity index (χ1n) is 10.2. The quantitative estimate of drug-likeness (QED) is 0.539. The summed E-state index contributed by atoms with van der Waals surface area (Å²) in [5.74, 6) is 1.76. The maximum Gasteiger partial charge on any atom is 0.122 e. The number of nitrogens with zero attached hydrogens (tertiary/aromatic N) is 2. The molecular weight excluding hydrogens is 364 g/mol. The first kappa shape index (κ1) is 19.0. The number of ether oxygens (including phenoxy) is 1. The van der Waals surface area contributed by atoms with Crippen molar-refractivity contribution in [2.75, 3.05) is 19.7 Å². The molecule has 0 unspecified atom stereocenters. The Morgan fingerprint density at radius 1 is 1.07 bits per heavy atom. The van der Waals surface area contributed by atoms with Gasteiger partial charge >= 0.3 is 0 Å². The van der Waals surface area contributed by atoms with Crippen molar-refractivity contribution in [3.05, 3.63) is 65.9 Å². The zero-order valence-electron chi connectivity index (χ0n) is 16.7. The van der Waals surface area contributed by atoms with Crippen LogP contribution in [-0.4, -0.2) is 34.2 Å². The molecule has 0 atom stereocenters. The Hall–Kier alpha value is -2.33. The molecule has 3 aromatic rings. The Kier molecular flexibility index (Phi) is 5.67. The molecule has 1 aliphatic rings. The summed E-state index contributed by atoms with van der Waals surface area (Å²) >= 11 is 5.91. The van der Waals surface area contributed by atoms with Gasteiger partial charge in [-0.3, -0.25) is 0 Å². The Balaban J connectivity index is 1.53. The zero-order chi connectivity index (χ0) is 19.5. The second kappa shape index (κ2) is 8.36. The molecule has 4 heteroatoms. The highest BCUT2D eigenvalue weighted by molar-refractivity contribution is 7.80. The first-order valence-corrected chi connectivity index (χ1v) is 10.6. The van der Waals surface area contributed by atoms with Crippen molar-refractivity contribution < 1.29 is 4.74 Å². The van der Waals surface area contributed by atoms with Gasteiger partial charge in [-0.2, -0.15) is 0 Å². The monoisotopic (exact) mass is 392 g/mol. The van der Waals surface area contributed by atoms with Crippen LogP contribution in [0.2, 0.25) is 0 Å². The number of rotatable bonds is 5. The van der Waals surface area contributed by atoms with Gasteiger partial charge in [-0.1, -0.05) is 55.5 Å². The lowest BCUT2D eigenvalue weighted by molar-refractivity contribution is 0.284. The van der Waals surface area contributed by atoms with E-state index in [4.69, 9.17) is 17.0 Å². The van der Waals surface area contributed by atoms with Crippen LogP contribution in [0.3, 0.4) is 0 Å². The van der Waals surface area contributed by atoms with E-state index < -0.39 is 0 Å². The van der Waals surface area contributed by atoms with Crippen molar-refractivity contribution in [2.45, 2.75) is 33.2 Å². The largest absolute Gasteiger partial charge is 0.491 e. The van der Waals surface area contributed by atoms with Gasteiger partial charge in [0.2, 0.25) is 0 Å². The third kappa shape index (κ3) is 3.93. The van der Waals surface area contributed by atoms with E-state index >= 15 is 0 Å². The highest BCUT2D eigenvalue weighted by atomic mass is 32.1. The minimum atomic E-state index is 0.636. The second-order valence-electron chi connectivity index (χ2n) is 7.84. The topological polar surface area (TPSA) is 17.4 Å². The molecule has 146 valence electrons. The molecule has 0 saturated carbocycles. The highest BCUT2D eigenvalue weighted by Gasteiger charge is 2.21. The summed E-state index contributed by atoms with van der Waals surface area (Å²) in [5.41, 5.74) is 3.57. The van der Waals surface area contributed by atoms with E-state index in [1.54, 1.807) is 0 Å². The standard InChI is InChI=1S/C24H28N2OS/c1-18-11-13-25(14-12-18)24(28)21-17-26(22-9-5-4-8-20(21)22)15-16-27-23-10-6-3-7-19(23)2/h3-10,17-18H,11-16H2,1-2H3. The fraction of sp³-hybridized carbons (Fsp3) is 0.375. The van der Waals surface area contributed by atoms with Gasteiger partial charge in [0, 0.05) is 35.8 Å². The number of benzene rings is 2. The predicted molar refractivity (Wildman–Crippen MR) is 120 cm³/mol. The molecule has 1 fully saturated rings. The van der Waals surface area contributed by atoms with Gasteiger partial charge in [-0.15, -0.1) is 0 Å². The molecule has 2 heterocycles. The summed E-state index contributed by atoms with van der Waals surface area (Å²) in [4.78, 5) is 3.37. The molecule has 28 heavy (non-hydrogen) atoms. The fourth-order valence-corrected chi connectivity index (χ4v) is 4.30. The van der Waals surface area contributed by atoms with Gasteiger partial charge in [0.15, 0.2) is 0 Å². The van der Waals surface area contributed by atoms with E-state index in [0.29, 0.717) is 6.61 Å². The number of hydrogen-bond acceptors (Lipinski definition) is 2. The summed E-state index contributed by atoms with van der Waals surface area (Å²) in [6.07, 6.45) is 4.67. The molecule has 1 saturated heterocycles.